The first-order chi connectivity index (χ1) is 8.66. The van der Waals surface area contributed by atoms with Gasteiger partial charge in [-0.3, -0.25) is 9.80 Å². The molecule has 0 radical (unpaired) electrons. The average Bonchev–Trinajstić information content (AvgIpc) is 2.35. The molecule has 0 aromatic rings. The molecule has 2 rings (SSSR count). The molecule has 4 heteroatoms. The lowest BCUT2D eigenvalue weighted by atomic mass is 9.97. The van der Waals surface area contributed by atoms with Gasteiger partial charge in [-0.25, -0.2) is 0 Å². The number of nitrogens with zero attached hydrogens (tertiary/aromatic N) is 2. The zero-order chi connectivity index (χ0) is 13.0. The Morgan fingerprint density at radius 2 is 1.72 bits per heavy atom. The van der Waals surface area contributed by atoms with Crippen molar-refractivity contribution >= 4 is 0 Å². The van der Waals surface area contributed by atoms with Gasteiger partial charge in [-0.15, -0.1) is 0 Å². The minimum Gasteiger partial charge on any atom is -0.390 e. The van der Waals surface area contributed by atoms with Gasteiger partial charge >= 0.3 is 0 Å². The van der Waals surface area contributed by atoms with Crippen molar-refractivity contribution in [1.29, 1.82) is 0 Å². The number of aliphatic hydroxyl groups is 1. The van der Waals surface area contributed by atoms with Crippen molar-refractivity contribution in [2.75, 3.05) is 39.4 Å². The lowest BCUT2D eigenvalue weighted by Gasteiger charge is -2.40. The summed E-state index contributed by atoms with van der Waals surface area (Å²) in [6.45, 7) is 9.73. The minimum absolute atomic E-state index is 0.230. The van der Waals surface area contributed by atoms with Crippen molar-refractivity contribution in [3.05, 3.63) is 0 Å². The van der Waals surface area contributed by atoms with Crippen LogP contribution in [0.2, 0.25) is 0 Å². The molecule has 0 aromatic carbocycles. The highest BCUT2D eigenvalue weighted by Crippen LogP contribution is 2.22. The van der Waals surface area contributed by atoms with Crippen LogP contribution < -0.4 is 0 Å². The van der Waals surface area contributed by atoms with Gasteiger partial charge < -0.3 is 9.84 Å². The molecule has 2 saturated heterocycles. The summed E-state index contributed by atoms with van der Waals surface area (Å²) < 4.78 is 5.33. The maximum atomic E-state index is 10.3. The molecule has 0 saturated carbocycles. The molecule has 0 spiro atoms. The smallest absolute Gasteiger partial charge is 0.0794 e. The first-order valence-electron chi connectivity index (χ1n) is 7.40. The second-order valence-electron chi connectivity index (χ2n) is 5.89. The fraction of sp³-hybridized carbons (Fsp3) is 1.00. The summed E-state index contributed by atoms with van der Waals surface area (Å²) >= 11 is 0. The summed E-state index contributed by atoms with van der Waals surface area (Å²) in [7, 11) is 0. The first-order valence-corrected chi connectivity index (χ1v) is 7.40. The van der Waals surface area contributed by atoms with Gasteiger partial charge in [0, 0.05) is 38.3 Å². The van der Waals surface area contributed by atoms with E-state index in [9.17, 15) is 5.11 Å². The van der Waals surface area contributed by atoms with Crippen LogP contribution in [0.4, 0.5) is 0 Å². The molecular weight excluding hydrogens is 228 g/mol. The van der Waals surface area contributed by atoms with Crippen LogP contribution in [0.3, 0.4) is 0 Å². The van der Waals surface area contributed by atoms with Gasteiger partial charge in [-0.2, -0.15) is 0 Å². The summed E-state index contributed by atoms with van der Waals surface area (Å²) in [5, 5.41) is 10.3. The molecule has 1 N–H and O–H groups in total. The van der Waals surface area contributed by atoms with E-state index in [4.69, 9.17) is 4.74 Å². The number of likely N-dealkylation sites (tertiary alicyclic amines) is 1. The van der Waals surface area contributed by atoms with E-state index in [-0.39, 0.29) is 6.10 Å². The average molecular weight is 256 g/mol. The Morgan fingerprint density at radius 1 is 1.11 bits per heavy atom. The number of morpholine rings is 1. The normalized spacial score (nSPS) is 33.5. The van der Waals surface area contributed by atoms with Gasteiger partial charge in [0.1, 0.15) is 0 Å². The van der Waals surface area contributed by atoms with Crippen LogP contribution in [0.25, 0.3) is 0 Å². The zero-order valence-corrected chi connectivity index (χ0v) is 11.8. The summed E-state index contributed by atoms with van der Waals surface area (Å²) in [6.07, 6.45) is 3.65. The van der Waals surface area contributed by atoms with Crippen molar-refractivity contribution < 1.29 is 9.84 Å². The number of β-amino-alcohol motifs (C(OH)–C–C–N with tert-alkyl or cyclic N) is 1. The highest BCUT2D eigenvalue weighted by molar-refractivity contribution is 4.82. The van der Waals surface area contributed by atoms with Gasteiger partial charge in [-0.05, 0) is 26.7 Å². The summed E-state index contributed by atoms with van der Waals surface area (Å²) in [5.41, 5.74) is 0. The van der Waals surface area contributed by atoms with Gasteiger partial charge in [0.25, 0.3) is 0 Å². The van der Waals surface area contributed by atoms with E-state index in [1.165, 1.54) is 19.3 Å². The van der Waals surface area contributed by atoms with Crippen LogP contribution in [0.5, 0.6) is 0 Å². The van der Waals surface area contributed by atoms with Crippen molar-refractivity contribution in [3.63, 3.8) is 0 Å². The Kier molecular flexibility index (Phi) is 5.42. The standard InChI is InChI=1S/C14H28N2O2/c1-12-4-3-5-13(2)16(12)11-14(17)10-15-6-8-18-9-7-15/h12-14,17H,3-11H2,1-2H3. The number of hydrogen-bond donors (Lipinski definition) is 1. The predicted octanol–water partition coefficient (Wildman–Crippen LogP) is 0.942. The molecule has 0 aliphatic carbocycles. The van der Waals surface area contributed by atoms with Crippen LogP contribution in [0.1, 0.15) is 33.1 Å². The van der Waals surface area contributed by atoms with Crippen LogP contribution in [0, 0.1) is 0 Å². The fourth-order valence-corrected chi connectivity index (χ4v) is 3.22. The van der Waals surface area contributed by atoms with E-state index in [2.05, 4.69) is 23.6 Å². The Bertz CT molecular complexity index is 234. The molecule has 0 aromatic heterocycles. The Morgan fingerprint density at radius 3 is 2.33 bits per heavy atom. The molecule has 0 bridgehead atoms. The van der Waals surface area contributed by atoms with Gasteiger partial charge in [0.15, 0.2) is 0 Å². The quantitative estimate of drug-likeness (QED) is 0.812. The Hall–Kier alpha value is -0.160. The molecule has 3 atom stereocenters. The number of ether oxygens (including phenoxy) is 1. The summed E-state index contributed by atoms with van der Waals surface area (Å²) in [5.74, 6) is 0. The van der Waals surface area contributed by atoms with E-state index in [0.717, 1.165) is 39.4 Å². The maximum absolute atomic E-state index is 10.3. The molecule has 3 unspecified atom stereocenters. The largest absolute Gasteiger partial charge is 0.390 e. The molecule has 2 aliphatic heterocycles. The second-order valence-corrected chi connectivity index (χ2v) is 5.89. The van der Waals surface area contributed by atoms with Gasteiger partial charge in [-0.1, -0.05) is 6.42 Å². The SMILES string of the molecule is CC1CCCC(C)N1CC(O)CN1CCOCC1. The zero-order valence-electron chi connectivity index (χ0n) is 11.8. The van der Waals surface area contributed by atoms with Gasteiger partial charge in [0.05, 0.1) is 19.3 Å². The number of rotatable bonds is 4. The molecule has 2 fully saturated rings. The highest BCUT2D eigenvalue weighted by atomic mass is 16.5. The van der Waals surface area contributed by atoms with Crippen LogP contribution in [0.15, 0.2) is 0 Å². The maximum Gasteiger partial charge on any atom is 0.0794 e. The molecule has 2 aliphatic rings. The van der Waals surface area contributed by atoms with Crippen LogP contribution >= 0.6 is 0 Å². The monoisotopic (exact) mass is 256 g/mol. The van der Waals surface area contributed by atoms with E-state index >= 15 is 0 Å². The lowest BCUT2D eigenvalue weighted by molar-refractivity contribution is -0.00723. The number of hydrogen-bond acceptors (Lipinski definition) is 4. The third-order valence-corrected chi connectivity index (χ3v) is 4.37. The fourth-order valence-electron chi connectivity index (χ4n) is 3.22. The molecule has 0 amide bonds. The molecule has 106 valence electrons. The van der Waals surface area contributed by atoms with Crippen LogP contribution in [-0.4, -0.2) is 72.5 Å². The van der Waals surface area contributed by atoms with E-state index in [1.807, 2.05) is 0 Å². The lowest BCUT2D eigenvalue weighted by Crippen LogP contribution is -2.50. The third kappa shape index (κ3) is 3.92. The number of piperidine rings is 1. The molecule has 2 heterocycles. The van der Waals surface area contributed by atoms with Crippen molar-refractivity contribution in [3.8, 4) is 0 Å². The van der Waals surface area contributed by atoms with Crippen molar-refractivity contribution in [2.45, 2.75) is 51.3 Å². The Balaban J connectivity index is 1.76. The molecule has 4 nitrogen and oxygen atoms in total. The molecule has 18 heavy (non-hydrogen) atoms. The molecular formula is C14H28N2O2. The van der Waals surface area contributed by atoms with E-state index in [1.54, 1.807) is 0 Å². The Labute approximate surface area is 111 Å². The van der Waals surface area contributed by atoms with E-state index in [0.29, 0.717) is 12.1 Å². The summed E-state index contributed by atoms with van der Waals surface area (Å²) in [6, 6.07) is 1.24. The summed E-state index contributed by atoms with van der Waals surface area (Å²) in [4.78, 5) is 4.79. The topological polar surface area (TPSA) is 35.9 Å². The van der Waals surface area contributed by atoms with Crippen LogP contribution in [-0.2, 0) is 4.74 Å². The second kappa shape index (κ2) is 6.85. The van der Waals surface area contributed by atoms with Gasteiger partial charge in [0.2, 0.25) is 0 Å². The van der Waals surface area contributed by atoms with Crippen molar-refractivity contribution in [2.24, 2.45) is 0 Å². The highest BCUT2D eigenvalue weighted by Gasteiger charge is 2.27. The third-order valence-electron chi connectivity index (χ3n) is 4.37. The van der Waals surface area contributed by atoms with E-state index < -0.39 is 0 Å². The number of aliphatic hydroxyl groups excluding tert-OH is 1. The first kappa shape index (κ1) is 14.3. The van der Waals surface area contributed by atoms with Crippen molar-refractivity contribution in [1.82, 2.24) is 9.80 Å². The predicted molar refractivity (Wildman–Crippen MR) is 72.7 cm³/mol. The minimum atomic E-state index is -0.230.